The Balaban J connectivity index is 1.63. The maximum Gasteiger partial charge on any atom is 0.246 e. The van der Waals surface area contributed by atoms with Crippen molar-refractivity contribution in [1.82, 2.24) is 5.32 Å². The van der Waals surface area contributed by atoms with Gasteiger partial charge in [-0.3, -0.25) is 10.1 Å². The fourth-order valence-electron chi connectivity index (χ4n) is 3.31. The van der Waals surface area contributed by atoms with E-state index in [4.69, 9.17) is 0 Å². The molecular weight excluding hydrogens is 248 g/mol. The van der Waals surface area contributed by atoms with Crippen LogP contribution in [0, 0.1) is 0 Å². The zero-order valence-electron chi connectivity index (χ0n) is 11.1. The van der Waals surface area contributed by atoms with Crippen LogP contribution >= 0.6 is 0 Å². The van der Waals surface area contributed by atoms with Gasteiger partial charge in [-0.25, -0.2) is 0 Å². The number of anilines is 1. The highest BCUT2D eigenvalue weighted by atomic mass is 16.2. The molecule has 1 aliphatic heterocycles. The third-order valence-corrected chi connectivity index (χ3v) is 4.29. The van der Waals surface area contributed by atoms with Gasteiger partial charge in [0.1, 0.15) is 6.04 Å². The molecule has 3 heteroatoms. The second-order valence-electron chi connectivity index (χ2n) is 5.47. The van der Waals surface area contributed by atoms with Gasteiger partial charge in [-0.2, -0.15) is 0 Å². The van der Waals surface area contributed by atoms with Crippen molar-refractivity contribution in [1.29, 1.82) is 0 Å². The normalized spacial score (nSPS) is 23.3. The van der Waals surface area contributed by atoms with E-state index < -0.39 is 0 Å². The van der Waals surface area contributed by atoms with Crippen molar-refractivity contribution >= 4 is 11.6 Å². The maximum absolute atomic E-state index is 12.2. The number of carbonyl (C=O) groups excluding carboxylic acids is 1. The smallest absolute Gasteiger partial charge is 0.246 e. The van der Waals surface area contributed by atoms with E-state index in [1.54, 1.807) is 0 Å². The number of hydrogen-bond acceptors (Lipinski definition) is 2. The maximum atomic E-state index is 12.2. The third kappa shape index (κ3) is 1.74. The first kappa shape index (κ1) is 11.7. The Morgan fingerprint density at radius 1 is 1.00 bits per heavy atom. The van der Waals surface area contributed by atoms with Crippen LogP contribution in [-0.2, 0) is 11.2 Å². The van der Waals surface area contributed by atoms with E-state index in [1.165, 1.54) is 11.1 Å². The number of rotatable bonds is 2. The van der Waals surface area contributed by atoms with Crippen LogP contribution in [0.25, 0.3) is 0 Å². The zero-order chi connectivity index (χ0) is 13.5. The second-order valence-corrected chi connectivity index (χ2v) is 5.47. The number of para-hydroxylation sites is 1. The average Bonchev–Trinajstić information content (AvgIpc) is 3.02. The number of hydrogen-bond donors (Lipinski definition) is 2. The summed E-state index contributed by atoms with van der Waals surface area (Å²) in [6.07, 6.45) is 2.15. The summed E-state index contributed by atoms with van der Waals surface area (Å²) in [5.41, 5.74) is 4.73. The molecule has 0 spiro atoms. The predicted molar refractivity (Wildman–Crippen MR) is 78.5 cm³/mol. The van der Waals surface area contributed by atoms with Gasteiger partial charge in [-0.1, -0.05) is 42.5 Å². The fourth-order valence-corrected chi connectivity index (χ4v) is 3.31. The van der Waals surface area contributed by atoms with Gasteiger partial charge in [0.25, 0.3) is 0 Å². The summed E-state index contributed by atoms with van der Waals surface area (Å²) in [5, 5.41) is 6.47. The van der Waals surface area contributed by atoms with Crippen LogP contribution in [-0.4, -0.2) is 5.91 Å². The van der Waals surface area contributed by atoms with E-state index in [0.29, 0.717) is 0 Å². The minimum absolute atomic E-state index is 0.0515. The molecule has 0 saturated carbocycles. The van der Waals surface area contributed by atoms with Crippen LogP contribution in [0.15, 0.2) is 48.5 Å². The first-order valence-corrected chi connectivity index (χ1v) is 7.06. The van der Waals surface area contributed by atoms with Gasteiger partial charge >= 0.3 is 0 Å². The molecule has 1 heterocycles. The molecule has 4 rings (SSSR count). The quantitative estimate of drug-likeness (QED) is 0.875. The molecule has 2 aromatic rings. The van der Waals surface area contributed by atoms with Crippen molar-refractivity contribution in [2.45, 2.75) is 24.9 Å². The van der Waals surface area contributed by atoms with E-state index >= 15 is 0 Å². The first-order valence-electron chi connectivity index (χ1n) is 7.06. The van der Waals surface area contributed by atoms with Crippen molar-refractivity contribution in [3.63, 3.8) is 0 Å². The van der Waals surface area contributed by atoms with Crippen LogP contribution < -0.4 is 10.6 Å². The van der Waals surface area contributed by atoms with Gasteiger partial charge in [-0.15, -0.1) is 0 Å². The molecule has 1 amide bonds. The van der Waals surface area contributed by atoms with Crippen LogP contribution in [0.2, 0.25) is 0 Å². The van der Waals surface area contributed by atoms with Gasteiger partial charge in [0.2, 0.25) is 5.91 Å². The lowest BCUT2D eigenvalue weighted by molar-refractivity contribution is -0.117. The molecule has 2 N–H and O–H groups in total. The highest BCUT2D eigenvalue weighted by Gasteiger charge is 2.33. The number of amides is 1. The highest BCUT2D eigenvalue weighted by molar-refractivity contribution is 6.02. The third-order valence-electron chi connectivity index (χ3n) is 4.29. The summed E-state index contributed by atoms with van der Waals surface area (Å²) < 4.78 is 0. The molecular formula is C17H16N2O. The summed E-state index contributed by atoms with van der Waals surface area (Å²) in [7, 11) is 0. The van der Waals surface area contributed by atoms with E-state index in [0.717, 1.165) is 24.1 Å². The van der Waals surface area contributed by atoms with Crippen LogP contribution in [0.1, 0.15) is 35.2 Å². The zero-order valence-corrected chi connectivity index (χ0v) is 11.1. The monoisotopic (exact) mass is 264 g/mol. The number of carbonyl (C=O) groups is 1. The molecule has 2 unspecified atom stereocenters. The highest BCUT2D eigenvalue weighted by Crippen LogP contribution is 2.36. The summed E-state index contributed by atoms with van der Waals surface area (Å²) >= 11 is 0. The van der Waals surface area contributed by atoms with Gasteiger partial charge in [-0.05, 0) is 30.0 Å². The number of nitrogens with one attached hydrogen (secondary N) is 2. The van der Waals surface area contributed by atoms with E-state index in [9.17, 15) is 4.79 Å². The average molecular weight is 264 g/mol. The lowest BCUT2D eigenvalue weighted by atomic mass is 10.0. The second kappa shape index (κ2) is 4.46. The molecule has 0 saturated heterocycles. The molecule has 2 aliphatic rings. The Labute approximate surface area is 118 Å². The van der Waals surface area contributed by atoms with Crippen molar-refractivity contribution in [3.05, 3.63) is 65.2 Å². The van der Waals surface area contributed by atoms with E-state index in [2.05, 4.69) is 34.9 Å². The van der Waals surface area contributed by atoms with Crippen molar-refractivity contribution in [3.8, 4) is 0 Å². The molecule has 2 aromatic carbocycles. The minimum Gasteiger partial charge on any atom is -0.324 e. The summed E-state index contributed by atoms with van der Waals surface area (Å²) in [6.45, 7) is 0. The summed E-state index contributed by atoms with van der Waals surface area (Å²) in [5.74, 6) is 0.0515. The molecule has 0 fully saturated rings. The fraction of sp³-hybridized carbons (Fsp3) is 0.235. The lowest BCUT2D eigenvalue weighted by Gasteiger charge is -2.18. The molecule has 1 aliphatic carbocycles. The van der Waals surface area contributed by atoms with Crippen molar-refractivity contribution in [2.24, 2.45) is 0 Å². The lowest BCUT2D eigenvalue weighted by Crippen LogP contribution is -2.30. The van der Waals surface area contributed by atoms with Crippen molar-refractivity contribution in [2.75, 3.05) is 5.32 Å². The molecule has 3 nitrogen and oxygen atoms in total. The molecule has 20 heavy (non-hydrogen) atoms. The summed E-state index contributed by atoms with van der Waals surface area (Å²) in [4.78, 5) is 12.2. The van der Waals surface area contributed by atoms with Crippen molar-refractivity contribution < 1.29 is 4.79 Å². The molecule has 0 aromatic heterocycles. The Morgan fingerprint density at radius 3 is 2.65 bits per heavy atom. The van der Waals surface area contributed by atoms with E-state index in [-0.39, 0.29) is 18.0 Å². The van der Waals surface area contributed by atoms with Gasteiger partial charge in [0, 0.05) is 17.3 Å². The topological polar surface area (TPSA) is 41.1 Å². The van der Waals surface area contributed by atoms with Gasteiger partial charge < -0.3 is 5.32 Å². The van der Waals surface area contributed by atoms with Crippen LogP contribution in [0.5, 0.6) is 0 Å². The van der Waals surface area contributed by atoms with E-state index in [1.807, 2.05) is 24.3 Å². The number of fused-ring (bicyclic) bond motifs is 2. The molecule has 0 bridgehead atoms. The van der Waals surface area contributed by atoms with Crippen LogP contribution in [0.3, 0.4) is 0 Å². The van der Waals surface area contributed by atoms with Crippen LogP contribution in [0.4, 0.5) is 5.69 Å². The Hall–Kier alpha value is -2.13. The number of benzene rings is 2. The Bertz CT molecular complexity index is 680. The first-order chi connectivity index (χ1) is 9.83. The Kier molecular flexibility index (Phi) is 2.60. The van der Waals surface area contributed by atoms with Gasteiger partial charge in [0.05, 0.1) is 0 Å². The van der Waals surface area contributed by atoms with Gasteiger partial charge in [0.15, 0.2) is 0 Å². The summed E-state index contributed by atoms with van der Waals surface area (Å²) in [6, 6.07) is 16.4. The molecule has 2 atom stereocenters. The SMILES string of the molecule is O=C1Nc2ccccc2C1NC1CCc2ccccc21. The molecule has 0 radical (unpaired) electrons. The Morgan fingerprint density at radius 2 is 1.75 bits per heavy atom. The standard InChI is InChI=1S/C17H16N2O/c20-17-16(13-7-3-4-8-14(13)19-17)18-15-10-9-11-5-1-2-6-12(11)15/h1-8,15-16,18H,9-10H2,(H,19,20). The number of aryl methyl sites for hydroxylation is 1. The largest absolute Gasteiger partial charge is 0.324 e. The molecule has 100 valence electrons. The minimum atomic E-state index is -0.234. The predicted octanol–water partition coefficient (Wildman–Crippen LogP) is 2.96.